The number of carbonyl (C=O) groups excluding carboxylic acids is 1. The zero-order valence-electron chi connectivity index (χ0n) is 9.44. The van der Waals surface area contributed by atoms with Crippen LogP contribution in [-0.2, 0) is 4.79 Å². The van der Waals surface area contributed by atoms with Crippen LogP contribution in [0.15, 0.2) is 0 Å². The molecule has 0 radical (unpaired) electrons. The summed E-state index contributed by atoms with van der Waals surface area (Å²) in [5.74, 6) is 0.191. The van der Waals surface area contributed by atoms with E-state index in [0.717, 1.165) is 19.4 Å². The van der Waals surface area contributed by atoms with Gasteiger partial charge in [-0.1, -0.05) is 27.2 Å². The van der Waals surface area contributed by atoms with Gasteiger partial charge in [-0.3, -0.25) is 4.79 Å². The standard InChI is InChI=1S/C11H23NO/c1-5-12-10(13)8-6-7-9-11(2,3)4/h5-9H2,1-4H3,(H,12,13). The van der Waals surface area contributed by atoms with Crippen LogP contribution in [0.25, 0.3) is 0 Å². The molecule has 0 atom stereocenters. The lowest BCUT2D eigenvalue weighted by Gasteiger charge is -2.17. The predicted octanol–water partition coefficient (Wildman–Crippen LogP) is 2.73. The Morgan fingerprint density at radius 3 is 2.31 bits per heavy atom. The molecule has 0 aliphatic rings. The topological polar surface area (TPSA) is 29.1 Å². The Morgan fingerprint density at radius 2 is 1.85 bits per heavy atom. The Bertz CT molecular complexity index is 147. The van der Waals surface area contributed by atoms with E-state index >= 15 is 0 Å². The van der Waals surface area contributed by atoms with Gasteiger partial charge in [0.15, 0.2) is 0 Å². The van der Waals surface area contributed by atoms with Gasteiger partial charge in [0.05, 0.1) is 0 Å². The molecule has 78 valence electrons. The Kier molecular flexibility index (Phi) is 5.76. The van der Waals surface area contributed by atoms with Crippen LogP contribution < -0.4 is 5.32 Å². The third kappa shape index (κ3) is 9.38. The molecule has 0 heterocycles. The molecule has 0 fully saturated rings. The molecule has 0 aliphatic heterocycles. The molecule has 1 amide bonds. The van der Waals surface area contributed by atoms with Gasteiger partial charge in [-0.2, -0.15) is 0 Å². The van der Waals surface area contributed by atoms with Crippen molar-refractivity contribution in [2.45, 2.75) is 53.4 Å². The fraction of sp³-hybridized carbons (Fsp3) is 0.909. The van der Waals surface area contributed by atoms with E-state index in [1.165, 1.54) is 6.42 Å². The van der Waals surface area contributed by atoms with Gasteiger partial charge in [-0.25, -0.2) is 0 Å². The maximum Gasteiger partial charge on any atom is 0.219 e. The van der Waals surface area contributed by atoms with Crippen molar-refractivity contribution in [3.05, 3.63) is 0 Å². The van der Waals surface area contributed by atoms with Gasteiger partial charge < -0.3 is 5.32 Å². The van der Waals surface area contributed by atoms with Crippen LogP contribution in [0.2, 0.25) is 0 Å². The molecular formula is C11H23NO. The third-order valence-electron chi connectivity index (χ3n) is 1.95. The van der Waals surface area contributed by atoms with Gasteiger partial charge in [-0.15, -0.1) is 0 Å². The van der Waals surface area contributed by atoms with E-state index in [-0.39, 0.29) is 5.91 Å². The summed E-state index contributed by atoms with van der Waals surface area (Å²) in [6.45, 7) is 9.41. The summed E-state index contributed by atoms with van der Waals surface area (Å²) in [5, 5.41) is 2.80. The summed E-state index contributed by atoms with van der Waals surface area (Å²) in [5.41, 5.74) is 0.404. The maximum atomic E-state index is 11.1. The molecule has 0 saturated heterocycles. The molecule has 13 heavy (non-hydrogen) atoms. The molecule has 0 aromatic carbocycles. The molecule has 0 aliphatic carbocycles. The molecule has 0 rings (SSSR count). The minimum absolute atomic E-state index is 0.191. The number of nitrogens with one attached hydrogen (secondary N) is 1. The summed E-state index contributed by atoms with van der Waals surface area (Å²) >= 11 is 0. The molecule has 2 heteroatoms. The molecule has 0 bridgehead atoms. The van der Waals surface area contributed by atoms with Crippen molar-refractivity contribution in [1.29, 1.82) is 0 Å². The number of hydrogen-bond acceptors (Lipinski definition) is 1. The van der Waals surface area contributed by atoms with Gasteiger partial charge >= 0.3 is 0 Å². The van der Waals surface area contributed by atoms with Crippen LogP contribution in [0.5, 0.6) is 0 Å². The van der Waals surface area contributed by atoms with E-state index < -0.39 is 0 Å². The molecule has 0 aromatic heterocycles. The van der Waals surface area contributed by atoms with Crippen molar-refractivity contribution in [1.82, 2.24) is 5.32 Å². The lowest BCUT2D eigenvalue weighted by molar-refractivity contribution is -0.121. The summed E-state index contributed by atoms with van der Waals surface area (Å²) in [4.78, 5) is 11.1. The maximum absolute atomic E-state index is 11.1. The first-order chi connectivity index (χ1) is 5.95. The number of hydrogen-bond donors (Lipinski definition) is 1. The Morgan fingerprint density at radius 1 is 1.23 bits per heavy atom. The first-order valence-electron chi connectivity index (χ1n) is 5.22. The van der Waals surface area contributed by atoms with E-state index in [1.807, 2.05) is 6.92 Å². The highest BCUT2D eigenvalue weighted by molar-refractivity contribution is 5.75. The van der Waals surface area contributed by atoms with Crippen LogP contribution in [0.4, 0.5) is 0 Å². The fourth-order valence-corrected chi connectivity index (χ4v) is 1.23. The van der Waals surface area contributed by atoms with Crippen molar-refractivity contribution in [2.24, 2.45) is 5.41 Å². The molecule has 0 saturated carbocycles. The summed E-state index contributed by atoms with van der Waals surface area (Å²) < 4.78 is 0. The van der Waals surface area contributed by atoms with E-state index in [1.54, 1.807) is 0 Å². The largest absolute Gasteiger partial charge is 0.356 e. The summed E-state index contributed by atoms with van der Waals surface area (Å²) in [6.07, 6.45) is 4.06. The molecule has 1 N–H and O–H groups in total. The Balaban J connectivity index is 3.31. The van der Waals surface area contributed by atoms with E-state index in [9.17, 15) is 4.79 Å². The lowest BCUT2D eigenvalue weighted by atomic mass is 9.89. The molecule has 0 unspecified atom stereocenters. The van der Waals surface area contributed by atoms with Gasteiger partial charge in [0, 0.05) is 13.0 Å². The predicted molar refractivity (Wildman–Crippen MR) is 56.6 cm³/mol. The van der Waals surface area contributed by atoms with Crippen molar-refractivity contribution >= 4 is 5.91 Å². The van der Waals surface area contributed by atoms with Gasteiger partial charge in [0.25, 0.3) is 0 Å². The third-order valence-corrected chi connectivity index (χ3v) is 1.95. The fourth-order valence-electron chi connectivity index (χ4n) is 1.23. The second-order valence-electron chi connectivity index (χ2n) is 4.72. The molecule has 0 aromatic rings. The molecule has 2 nitrogen and oxygen atoms in total. The van der Waals surface area contributed by atoms with Gasteiger partial charge in [0.1, 0.15) is 0 Å². The normalized spacial score (nSPS) is 11.4. The number of unbranched alkanes of at least 4 members (excludes halogenated alkanes) is 1. The highest BCUT2D eigenvalue weighted by Gasteiger charge is 2.09. The summed E-state index contributed by atoms with van der Waals surface area (Å²) in [6, 6.07) is 0. The number of rotatable bonds is 5. The highest BCUT2D eigenvalue weighted by atomic mass is 16.1. The average molecular weight is 185 g/mol. The zero-order chi connectivity index (χ0) is 10.3. The monoisotopic (exact) mass is 185 g/mol. The Labute approximate surface area is 82.1 Å². The second kappa shape index (κ2) is 6.01. The Hall–Kier alpha value is -0.530. The van der Waals surface area contributed by atoms with E-state index in [2.05, 4.69) is 26.1 Å². The minimum Gasteiger partial charge on any atom is -0.356 e. The quantitative estimate of drug-likeness (QED) is 0.656. The second-order valence-corrected chi connectivity index (χ2v) is 4.72. The van der Waals surface area contributed by atoms with Crippen molar-refractivity contribution in [3.8, 4) is 0 Å². The average Bonchev–Trinajstić information content (AvgIpc) is 1.97. The number of amides is 1. The first kappa shape index (κ1) is 12.5. The highest BCUT2D eigenvalue weighted by Crippen LogP contribution is 2.21. The minimum atomic E-state index is 0.191. The van der Waals surface area contributed by atoms with E-state index in [4.69, 9.17) is 0 Å². The van der Waals surface area contributed by atoms with Gasteiger partial charge in [0.2, 0.25) is 5.91 Å². The smallest absolute Gasteiger partial charge is 0.219 e. The van der Waals surface area contributed by atoms with Crippen LogP contribution >= 0.6 is 0 Å². The molecular weight excluding hydrogens is 162 g/mol. The van der Waals surface area contributed by atoms with Gasteiger partial charge in [-0.05, 0) is 25.2 Å². The van der Waals surface area contributed by atoms with Crippen molar-refractivity contribution in [3.63, 3.8) is 0 Å². The van der Waals surface area contributed by atoms with Crippen LogP contribution in [-0.4, -0.2) is 12.5 Å². The van der Waals surface area contributed by atoms with Crippen LogP contribution in [0.1, 0.15) is 53.4 Å². The molecule has 0 spiro atoms. The summed E-state index contributed by atoms with van der Waals surface area (Å²) in [7, 11) is 0. The van der Waals surface area contributed by atoms with E-state index in [0.29, 0.717) is 11.8 Å². The van der Waals surface area contributed by atoms with Crippen LogP contribution in [0, 0.1) is 5.41 Å². The van der Waals surface area contributed by atoms with Crippen molar-refractivity contribution < 1.29 is 4.79 Å². The van der Waals surface area contributed by atoms with Crippen LogP contribution in [0.3, 0.4) is 0 Å². The SMILES string of the molecule is CCNC(=O)CCCCC(C)(C)C. The first-order valence-corrected chi connectivity index (χ1v) is 5.22. The lowest BCUT2D eigenvalue weighted by Crippen LogP contribution is -2.22. The van der Waals surface area contributed by atoms with Crippen molar-refractivity contribution in [2.75, 3.05) is 6.54 Å². The zero-order valence-corrected chi connectivity index (χ0v) is 9.44. The number of carbonyl (C=O) groups is 1.